The van der Waals surface area contributed by atoms with Gasteiger partial charge in [-0.3, -0.25) is 14.5 Å². The lowest BCUT2D eigenvalue weighted by Crippen LogP contribution is -2.38. The number of rotatable bonds is 9. The molecule has 2 aromatic rings. The monoisotopic (exact) mass is 399 g/mol. The van der Waals surface area contributed by atoms with E-state index < -0.39 is 0 Å². The Morgan fingerprint density at radius 3 is 2.59 bits per heavy atom. The Morgan fingerprint density at radius 2 is 1.86 bits per heavy atom. The van der Waals surface area contributed by atoms with Gasteiger partial charge >= 0.3 is 0 Å². The number of ether oxygens (including phenoxy) is 1. The number of aromatic nitrogens is 1. The van der Waals surface area contributed by atoms with Gasteiger partial charge in [-0.15, -0.1) is 0 Å². The van der Waals surface area contributed by atoms with Crippen LogP contribution in [0.4, 0.5) is 0 Å². The third kappa shape index (κ3) is 6.51. The minimum absolute atomic E-state index is 0.0996. The number of oxazole rings is 1. The number of amides is 1. The molecule has 3 rings (SSSR count). The van der Waals surface area contributed by atoms with E-state index in [-0.39, 0.29) is 24.5 Å². The second-order valence-electron chi connectivity index (χ2n) is 7.44. The minimum Gasteiger partial charge on any atom is -0.441 e. The molecule has 0 aliphatic carbocycles. The number of nitrogens with zero attached hydrogens (tertiary/aromatic N) is 2. The SMILES string of the molecule is Cc1ccc(-c2nc(CC(=O)CC(=O)NCCCN3CCOCC3)c(C)o2)cc1. The van der Waals surface area contributed by atoms with Gasteiger partial charge in [0, 0.05) is 25.2 Å². The lowest BCUT2D eigenvalue weighted by atomic mass is 10.1. The third-order valence-electron chi connectivity index (χ3n) is 4.99. The molecule has 1 N–H and O–H groups in total. The van der Waals surface area contributed by atoms with Crippen LogP contribution in [-0.2, 0) is 20.7 Å². The summed E-state index contributed by atoms with van der Waals surface area (Å²) in [5.74, 6) is 0.706. The van der Waals surface area contributed by atoms with Crippen molar-refractivity contribution in [3.63, 3.8) is 0 Å². The van der Waals surface area contributed by atoms with Crippen molar-refractivity contribution in [2.45, 2.75) is 33.1 Å². The largest absolute Gasteiger partial charge is 0.441 e. The van der Waals surface area contributed by atoms with Crippen molar-refractivity contribution in [3.8, 4) is 11.5 Å². The molecule has 2 heterocycles. The van der Waals surface area contributed by atoms with Crippen LogP contribution < -0.4 is 5.32 Å². The first-order chi connectivity index (χ1) is 14.0. The molecular weight excluding hydrogens is 370 g/mol. The first-order valence-corrected chi connectivity index (χ1v) is 10.1. The predicted molar refractivity (Wildman–Crippen MR) is 110 cm³/mol. The number of benzene rings is 1. The van der Waals surface area contributed by atoms with Gasteiger partial charge in [-0.2, -0.15) is 0 Å². The number of hydrogen-bond acceptors (Lipinski definition) is 6. The number of hydrogen-bond donors (Lipinski definition) is 1. The van der Waals surface area contributed by atoms with E-state index in [9.17, 15) is 9.59 Å². The summed E-state index contributed by atoms with van der Waals surface area (Å²) >= 11 is 0. The van der Waals surface area contributed by atoms with Crippen molar-refractivity contribution < 1.29 is 18.7 Å². The van der Waals surface area contributed by atoms with E-state index in [0.29, 0.717) is 23.9 Å². The summed E-state index contributed by atoms with van der Waals surface area (Å²) in [5, 5.41) is 2.83. The second kappa shape index (κ2) is 10.3. The van der Waals surface area contributed by atoms with Crippen LogP contribution in [0.15, 0.2) is 28.7 Å². The number of nitrogens with one attached hydrogen (secondary N) is 1. The fourth-order valence-corrected chi connectivity index (χ4v) is 3.26. The van der Waals surface area contributed by atoms with E-state index in [0.717, 1.165) is 50.4 Å². The molecule has 1 amide bonds. The normalized spacial score (nSPS) is 14.7. The standard InChI is InChI=1S/C22H29N3O4/c1-16-4-6-18(7-5-16)22-24-20(17(2)29-22)14-19(26)15-21(27)23-8-3-9-25-10-12-28-13-11-25/h4-7H,3,8-15H2,1-2H3,(H,23,27). The minimum atomic E-state index is -0.239. The number of carbonyl (C=O) groups excluding carboxylic acids is 2. The zero-order valence-electron chi connectivity index (χ0n) is 17.2. The average Bonchev–Trinajstić information content (AvgIpc) is 3.07. The topological polar surface area (TPSA) is 84.7 Å². The van der Waals surface area contributed by atoms with Gasteiger partial charge in [-0.05, 0) is 38.9 Å². The summed E-state index contributed by atoms with van der Waals surface area (Å²) < 4.78 is 11.0. The van der Waals surface area contributed by atoms with Gasteiger partial charge in [0.25, 0.3) is 0 Å². The molecule has 1 fully saturated rings. The van der Waals surface area contributed by atoms with Gasteiger partial charge in [0.05, 0.1) is 31.7 Å². The fourth-order valence-electron chi connectivity index (χ4n) is 3.26. The molecule has 0 spiro atoms. The van der Waals surface area contributed by atoms with E-state index in [4.69, 9.17) is 9.15 Å². The molecule has 0 unspecified atom stereocenters. The highest BCUT2D eigenvalue weighted by Gasteiger charge is 2.17. The molecule has 0 bridgehead atoms. The number of carbonyl (C=O) groups is 2. The van der Waals surface area contributed by atoms with Gasteiger partial charge in [-0.25, -0.2) is 4.98 Å². The number of Topliss-reactive ketones (excluding diaryl/α,β-unsaturated/α-hetero) is 1. The quantitative estimate of drug-likeness (QED) is 0.514. The molecule has 1 aliphatic heterocycles. The summed E-state index contributed by atoms with van der Waals surface area (Å²) in [6, 6.07) is 7.86. The molecule has 1 aliphatic rings. The van der Waals surface area contributed by atoms with Crippen LogP contribution in [0.2, 0.25) is 0 Å². The molecule has 156 valence electrons. The van der Waals surface area contributed by atoms with Gasteiger partial charge in [0.15, 0.2) is 0 Å². The summed E-state index contributed by atoms with van der Waals surface area (Å²) in [7, 11) is 0. The maximum atomic E-state index is 12.3. The van der Waals surface area contributed by atoms with Crippen LogP contribution >= 0.6 is 0 Å². The molecule has 0 radical (unpaired) electrons. The number of ketones is 1. The Kier molecular flexibility index (Phi) is 7.55. The molecule has 7 heteroatoms. The first-order valence-electron chi connectivity index (χ1n) is 10.1. The molecule has 1 saturated heterocycles. The van der Waals surface area contributed by atoms with E-state index in [1.54, 1.807) is 6.92 Å². The highest BCUT2D eigenvalue weighted by molar-refractivity contribution is 5.98. The van der Waals surface area contributed by atoms with Crippen molar-refractivity contribution in [1.29, 1.82) is 0 Å². The summed E-state index contributed by atoms with van der Waals surface area (Å²) in [6.07, 6.45) is 0.828. The maximum Gasteiger partial charge on any atom is 0.227 e. The van der Waals surface area contributed by atoms with Gasteiger partial charge in [-0.1, -0.05) is 17.7 Å². The lowest BCUT2D eigenvalue weighted by molar-refractivity contribution is -0.127. The smallest absolute Gasteiger partial charge is 0.227 e. The second-order valence-corrected chi connectivity index (χ2v) is 7.44. The van der Waals surface area contributed by atoms with Crippen LogP contribution in [0, 0.1) is 13.8 Å². The third-order valence-corrected chi connectivity index (χ3v) is 4.99. The van der Waals surface area contributed by atoms with Crippen LogP contribution in [-0.4, -0.2) is 61.0 Å². The Hall–Kier alpha value is -2.51. The van der Waals surface area contributed by atoms with Crippen molar-refractivity contribution in [3.05, 3.63) is 41.3 Å². The van der Waals surface area contributed by atoms with Crippen LogP contribution in [0.3, 0.4) is 0 Å². The molecule has 1 aromatic heterocycles. The van der Waals surface area contributed by atoms with E-state index in [1.807, 2.05) is 31.2 Å². The van der Waals surface area contributed by atoms with Crippen molar-refractivity contribution in [2.24, 2.45) is 0 Å². The summed E-state index contributed by atoms with van der Waals surface area (Å²) in [4.78, 5) is 31.1. The predicted octanol–water partition coefficient (Wildman–Crippen LogP) is 2.30. The zero-order chi connectivity index (χ0) is 20.6. The Labute approximate surface area is 171 Å². The van der Waals surface area contributed by atoms with Gasteiger partial charge < -0.3 is 14.5 Å². The number of morpholine rings is 1. The lowest BCUT2D eigenvalue weighted by Gasteiger charge is -2.26. The highest BCUT2D eigenvalue weighted by atomic mass is 16.5. The summed E-state index contributed by atoms with van der Waals surface area (Å²) in [6.45, 7) is 8.73. The molecular formula is C22H29N3O4. The van der Waals surface area contributed by atoms with Gasteiger partial charge in [0.2, 0.25) is 11.8 Å². The fraction of sp³-hybridized carbons (Fsp3) is 0.500. The zero-order valence-corrected chi connectivity index (χ0v) is 17.2. The Balaban J connectivity index is 1.41. The van der Waals surface area contributed by atoms with E-state index in [1.165, 1.54) is 0 Å². The molecule has 0 atom stereocenters. The van der Waals surface area contributed by atoms with E-state index >= 15 is 0 Å². The summed E-state index contributed by atoms with van der Waals surface area (Å²) in [5.41, 5.74) is 2.62. The Morgan fingerprint density at radius 1 is 1.14 bits per heavy atom. The van der Waals surface area contributed by atoms with Crippen LogP contribution in [0.25, 0.3) is 11.5 Å². The van der Waals surface area contributed by atoms with E-state index in [2.05, 4.69) is 15.2 Å². The molecule has 7 nitrogen and oxygen atoms in total. The van der Waals surface area contributed by atoms with Crippen LogP contribution in [0.5, 0.6) is 0 Å². The number of aryl methyl sites for hydroxylation is 2. The highest BCUT2D eigenvalue weighted by Crippen LogP contribution is 2.22. The average molecular weight is 399 g/mol. The van der Waals surface area contributed by atoms with Crippen molar-refractivity contribution in [2.75, 3.05) is 39.4 Å². The van der Waals surface area contributed by atoms with Gasteiger partial charge in [0.1, 0.15) is 11.5 Å². The first kappa shape index (κ1) is 21.2. The van der Waals surface area contributed by atoms with Crippen molar-refractivity contribution in [1.82, 2.24) is 15.2 Å². The molecule has 29 heavy (non-hydrogen) atoms. The van der Waals surface area contributed by atoms with Crippen molar-refractivity contribution >= 4 is 11.7 Å². The molecule has 1 aromatic carbocycles. The molecule has 0 saturated carbocycles. The maximum absolute atomic E-state index is 12.3. The Bertz CT molecular complexity index is 823. The van der Waals surface area contributed by atoms with Crippen LogP contribution in [0.1, 0.15) is 29.9 Å².